The third-order valence-corrected chi connectivity index (χ3v) is 5.49. The zero-order valence-corrected chi connectivity index (χ0v) is 14.7. The van der Waals surface area contributed by atoms with Crippen LogP contribution in [-0.2, 0) is 14.8 Å². The molecule has 1 aromatic rings. The number of nitrogens with one attached hydrogen (secondary N) is 2. The van der Waals surface area contributed by atoms with Crippen molar-refractivity contribution in [2.45, 2.75) is 30.5 Å². The van der Waals surface area contributed by atoms with Crippen molar-refractivity contribution in [1.82, 2.24) is 4.72 Å². The molecule has 0 radical (unpaired) electrons. The van der Waals surface area contributed by atoms with Gasteiger partial charge in [0.05, 0.1) is 15.7 Å². The molecule has 3 N–H and O–H groups in total. The van der Waals surface area contributed by atoms with Gasteiger partial charge in [0.15, 0.2) is 0 Å². The Hall–Kier alpha value is -1.07. The fourth-order valence-corrected chi connectivity index (χ4v) is 3.33. The molecular weight excluding hydrogens is 396 g/mol. The van der Waals surface area contributed by atoms with Gasteiger partial charge in [0.25, 0.3) is 5.91 Å². The molecule has 0 saturated carbocycles. The third kappa shape index (κ3) is 4.12. The number of sulfonamides is 1. The Morgan fingerprint density at radius 3 is 2.25 bits per heavy atom. The quantitative estimate of drug-likeness (QED) is 0.697. The number of carbonyl (C=O) groups is 1. The minimum atomic E-state index is -5.22. The van der Waals surface area contributed by atoms with Crippen molar-refractivity contribution in [3.63, 3.8) is 0 Å². The normalized spacial score (nSPS) is 15.0. The van der Waals surface area contributed by atoms with Crippen LogP contribution in [0.15, 0.2) is 17.0 Å². The van der Waals surface area contributed by atoms with Crippen molar-refractivity contribution < 1.29 is 31.5 Å². The molecule has 1 unspecified atom stereocenters. The molecule has 136 valence electrons. The van der Waals surface area contributed by atoms with E-state index in [2.05, 4.69) is 4.72 Å². The van der Waals surface area contributed by atoms with Gasteiger partial charge in [0, 0.05) is 6.54 Å². The molecule has 24 heavy (non-hydrogen) atoms. The second-order valence-electron chi connectivity index (χ2n) is 4.76. The molecule has 0 fully saturated rings. The Kier molecular flexibility index (Phi) is 6.16. The van der Waals surface area contributed by atoms with E-state index in [9.17, 15) is 31.5 Å². The SMILES string of the molecule is CCNS(=O)(=O)c1ccc(NC(=O)C(C)(O)C(F)(F)F)c(Cl)c1Cl. The molecule has 12 heteroatoms. The van der Waals surface area contributed by atoms with Crippen molar-refractivity contribution in [1.29, 1.82) is 0 Å². The topological polar surface area (TPSA) is 95.5 Å². The van der Waals surface area contributed by atoms with Gasteiger partial charge in [-0.15, -0.1) is 0 Å². The van der Waals surface area contributed by atoms with E-state index >= 15 is 0 Å². The van der Waals surface area contributed by atoms with Crippen molar-refractivity contribution in [3.8, 4) is 0 Å². The molecule has 1 rings (SSSR count). The van der Waals surface area contributed by atoms with Crippen LogP contribution in [-0.4, -0.2) is 37.8 Å². The number of halogens is 5. The molecule has 0 heterocycles. The van der Waals surface area contributed by atoms with Crippen LogP contribution in [0.3, 0.4) is 0 Å². The van der Waals surface area contributed by atoms with E-state index < -0.39 is 42.6 Å². The van der Waals surface area contributed by atoms with Gasteiger partial charge < -0.3 is 10.4 Å². The minimum Gasteiger partial charge on any atom is -0.373 e. The standard InChI is InChI=1S/C12H13Cl2F3N2O4S/c1-3-18-24(22,23)7-5-4-6(8(13)9(7)14)19-10(20)11(2,21)12(15,16)17/h4-5,18,21H,3H2,1-2H3,(H,19,20). The zero-order chi connectivity index (χ0) is 18.9. The van der Waals surface area contributed by atoms with Gasteiger partial charge in [0.2, 0.25) is 15.6 Å². The molecule has 0 aromatic heterocycles. The lowest BCUT2D eigenvalue weighted by atomic mass is 10.1. The number of benzene rings is 1. The average Bonchev–Trinajstić information content (AvgIpc) is 2.42. The second-order valence-corrected chi connectivity index (χ2v) is 7.26. The second kappa shape index (κ2) is 7.04. The van der Waals surface area contributed by atoms with Crippen LogP contribution in [0.2, 0.25) is 10.0 Å². The van der Waals surface area contributed by atoms with Crippen LogP contribution in [0.5, 0.6) is 0 Å². The van der Waals surface area contributed by atoms with Gasteiger partial charge >= 0.3 is 6.18 Å². The highest BCUT2D eigenvalue weighted by Gasteiger charge is 2.55. The molecule has 1 aromatic carbocycles. The first kappa shape index (κ1) is 21.0. The van der Waals surface area contributed by atoms with E-state index in [1.54, 1.807) is 5.32 Å². The fraction of sp³-hybridized carbons (Fsp3) is 0.417. The van der Waals surface area contributed by atoms with Crippen LogP contribution in [0, 0.1) is 0 Å². The van der Waals surface area contributed by atoms with Gasteiger partial charge in [-0.05, 0) is 19.1 Å². The van der Waals surface area contributed by atoms with E-state index in [4.69, 9.17) is 23.2 Å². The first-order valence-electron chi connectivity index (χ1n) is 6.34. The smallest absolute Gasteiger partial charge is 0.373 e. The largest absolute Gasteiger partial charge is 0.426 e. The van der Waals surface area contributed by atoms with Crippen LogP contribution >= 0.6 is 23.2 Å². The van der Waals surface area contributed by atoms with E-state index in [1.807, 2.05) is 0 Å². The zero-order valence-electron chi connectivity index (χ0n) is 12.3. The Morgan fingerprint density at radius 1 is 1.25 bits per heavy atom. The van der Waals surface area contributed by atoms with Crippen LogP contribution in [0.1, 0.15) is 13.8 Å². The molecule has 1 amide bonds. The molecule has 0 bridgehead atoms. The highest BCUT2D eigenvalue weighted by molar-refractivity contribution is 7.89. The summed E-state index contributed by atoms with van der Waals surface area (Å²) < 4.78 is 63.8. The van der Waals surface area contributed by atoms with E-state index in [-0.39, 0.29) is 19.2 Å². The van der Waals surface area contributed by atoms with Crippen LogP contribution in [0.25, 0.3) is 0 Å². The number of anilines is 1. The molecule has 0 aliphatic rings. The number of rotatable bonds is 5. The Morgan fingerprint density at radius 2 is 1.79 bits per heavy atom. The lowest BCUT2D eigenvalue weighted by Crippen LogP contribution is -2.52. The Labute approximate surface area is 146 Å². The Balaban J connectivity index is 3.23. The fourth-order valence-electron chi connectivity index (χ4n) is 1.48. The maximum atomic E-state index is 12.6. The molecule has 6 nitrogen and oxygen atoms in total. The lowest BCUT2D eigenvalue weighted by Gasteiger charge is -2.25. The highest BCUT2D eigenvalue weighted by Crippen LogP contribution is 2.37. The first-order chi connectivity index (χ1) is 10.8. The summed E-state index contributed by atoms with van der Waals surface area (Å²) in [5.41, 5.74) is -4.05. The molecule has 0 spiro atoms. The van der Waals surface area contributed by atoms with Gasteiger partial charge in [-0.3, -0.25) is 4.79 Å². The van der Waals surface area contributed by atoms with E-state index in [0.717, 1.165) is 12.1 Å². The van der Waals surface area contributed by atoms with Crippen molar-refractivity contribution in [2.24, 2.45) is 0 Å². The van der Waals surface area contributed by atoms with E-state index in [1.165, 1.54) is 6.92 Å². The predicted octanol–water partition coefficient (Wildman–Crippen LogP) is 2.54. The number of carbonyl (C=O) groups excluding carboxylic acids is 1. The van der Waals surface area contributed by atoms with Gasteiger partial charge in [-0.25, -0.2) is 13.1 Å². The first-order valence-corrected chi connectivity index (χ1v) is 8.57. The summed E-state index contributed by atoms with van der Waals surface area (Å²) in [4.78, 5) is 11.2. The van der Waals surface area contributed by atoms with E-state index in [0.29, 0.717) is 0 Å². The van der Waals surface area contributed by atoms with Gasteiger partial charge in [-0.1, -0.05) is 30.1 Å². The lowest BCUT2D eigenvalue weighted by molar-refractivity contribution is -0.242. The summed E-state index contributed by atoms with van der Waals surface area (Å²) in [6.07, 6.45) is -5.22. The van der Waals surface area contributed by atoms with Crippen molar-refractivity contribution in [3.05, 3.63) is 22.2 Å². The highest BCUT2D eigenvalue weighted by atomic mass is 35.5. The summed E-state index contributed by atoms with van der Waals surface area (Å²) in [6.45, 7) is 1.87. The molecule has 0 aliphatic carbocycles. The van der Waals surface area contributed by atoms with Crippen molar-refractivity contribution >= 4 is 44.8 Å². The number of alkyl halides is 3. The number of hydrogen-bond acceptors (Lipinski definition) is 4. The third-order valence-electron chi connectivity index (χ3n) is 2.91. The number of hydrogen-bond donors (Lipinski definition) is 3. The summed E-state index contributed by atoms with van der Waals surface area (Å²) in [6, 6.07) is 1.92. The summed E-state index contributed by atoms with van der Waals surface area (Å²) in [5, 5.41) is 10.1. The predicted molar refractivity (Wildman–Crippen MR) is 82.6 cm³/mol. The maximum absolute atomic E-state index is 12.6. The molecular formula is C12H13Cl2F3N2O4S. The average molecular weight is 409 g/mol. The molecule has 1 atom stereocenters. The molecule has 0 saturated heterocycles. The molecule has 0 aliphatic heterocycles. The summed E-state index contributed by atoms with van der Waals surface area (Å²) >= 11 is 11.6. The number of amides is 1. The van der Waals surface area contributed by atoms with Crippen LogP contribution in [0.4, 0.5) is 18.9 Å². The maximum Gasteiger partial charge on any atom is 0.426 e. The van der Waals surface area contributed by atoms with Crippen molar-refractivity contribution in [2.75, 3.05) is 11.9 Å². The number of aliphatic hydroxyl groups is 1. The van der Waals surface area contributed by atoms with Crippen LogP contribution < -0.4 is 10.0 Å². The summed E-state index contributed by atoms with van der Waals surface area (Å²) in [7, 11) is -3.97. The summed E-state index contributed by atoms with van der Waals surface area (Å²) in [5.74, 6) is -1.80. The monoisotopic (exact) mass is 408 g/mol. The Bertz CT molecular complexity index is 751. The van der Waals surface area contributed by atoms with Gasteiger partial charge in [0.1, 0.15) is 4.90 Å². The van der Waals surface area contributed by atoms with Gasteiger partial charge in [-0.2, -0.15) is 13.2 Å². The minimum absolute atomic E-state index is 0.0726.